The zero-order valence-corrected chi connectivity index (χ0v) is 36.8. The van der Waals surface area contributed by atoms with E-state index in [2.05, 4.69) is 15.6 Å². The van der Waals surface area contributed by atoms with Crippen molar-refractivity contribution < 1.29 is 39.0 Å². The predicted molar refractivity (Wildman–Crippen MR) is 241 cm³/mol. The number of rotatable bonds is 16. The van der Waals surface area contributed by atoms with Crippen LogP contribution in [0.4, 0.5) is 0 Å². The SMILES string of the molecule is C[C@H](CC(=O)[C@@H]1Cc2ccc(O)c(c2)-c2cc(ccc2O)[C@H](N(C)C(=O)[C@H](CCCCN)CC(=O)c2ccc(-c3ccc(Cl)cc3)cc2)C(=O)C[C@@H](C)C(=O)N1)C(=O)Cn1ccnn1. The molecule has 5 aromatic rings. The Morgan fingerprint density at radius 1 is 0.891 bits per heavy atom. The van der Waals surface area contributed by atoms with E-state index < -0.39 is 53.2 Å². The number of ketones is 4. The maximum absolute atomic E-state index is 14.7. The van der Waals surface area contributed by atoms with E-state index in [0.717, 1.165) is 11.1 Å². The van der Waals surface area contributed by atoms with Crippen molar-refractivity contribution in [2.24, 2.45) is 23.5 Å². The van der Waals surface area contributed by atoms with Crippen molar-refractivity contribution in [1.82, 2.24) is 25.2 Å². The highest BCUT2D eigenvalue weighted by Gasteiger charge is 2.36. The van der Waals surface area contributed by atoms with Crippen LogP contribution in [-0.4, -0.2) is 84.7 Å². The minimum atomic E-state index is -1.28. The Morgan fingerprint density at radius 3 is 2.20 bits per heavy atom. The normalized spacial score (nSPS) is 17.4. The number of unbranched alkanes of at least 4 members (excludes halogenated alkanes) is 1. The molecule has 64 heavy (non-hydrogen) atoms. The molecule has 5 N–H and O–H groups in total. The molecule has 6 rings (SSSR count). The van der Waals surface area contributed by atoms with Crippen LogP contribution >= 0.6 is 11.6 Å². The molecule has 334 valence electrons. The summed E-state index contributed by atoms with van der Waals surface area (Å²) in [5, 5.41) is 33.3. The van der Waals surface area contributed by atoms with Gasteiger partial charge in [-0.2, -0.15) is 0 Å². The van der Waals surface area contributed by atoms with Gasteiger partial charge in [-0.3, -0.25) is 28.8 Å². The third kappa shape index (κ3) is 11.5. The highest BCUT2D eigenvalue weighted by molar-refractivity contribution is 6.30. The van der Waals surface area contributed by atoms with E-state index in [-0.39, 0.29) is 66.4 Å². The van der Waals surface area contributed by atoms with Crippen LogP contribution in [0.15, 0.2) is 97.3 Å². The molecule has 4 aromatic carbocycles. The lowest BCUT2D eigenvalue weighted by Crippen LogP contribution is -2.46. The van der Waals surface area contributed by atoms with E-state index in [0.29, 0.717) is 47.5 Å². The van der Waals surface area contributed by atoms with Gasteiger partial charge in [0.2, 0.25) is 11.8 Å². The second-order valence-electron chi connectivity index (χ2n) is 16.6. The molecule has 4 bridgehead atoms. The molecule has 0 aliphatic carbocycles. The Bertz CT molecular complexity index is 2490. The molecule has 1 aliphatic heterocycles. The Hall–Kier alpha value is -6.51. The molecule has 0 saturated heterocycles. The molecule has 2 heterocycles. The summed E-state index contributed by atoms with van der Waals surface area (Å²) in [7, 11) is 1.48. The number of phenols is 2. The summed E-state index contributed by atoms with van der Waals surface area (Å²) >= 11 is 6.06. The number of phenolic OH excluding ortho intramolecular Hbond substituents is 2. The molecule has 1 aromatic heterocycles. The molecule has 2 amide bonds. The first-order valence-electron chi connectivity index (χ1n) is 21.4. The van der Waals surface area contributed by atoms with Crippen molar-refractivity contribution in [3.05, 3.63) is 119 Å². The lowest BCUT2D eigenvalue weighted by atomic mass is 9.87. The van der Waals surface area contributed by atoms with Crippen molar-refractivity contribution in [3.8, 4) is 33.8 Å². The van der Waals surface area contributed by atoms with Crippen LogP contribution in [0.5, 0.6) is 11.5 Å². The van der Waals surface area contributed by atoms with Crippen LogP contribution < -0.4 is 11.1 Å². The number of Topliss-reactive ketones (excluding diaryl/α,β-unsaturated/α-hetero) is 4. The third-order valence-electron chi connectivity index (χ3n) is 11.8. The van der Waals surface area contributed by atoms with Gasteiger partial charge in [0.15, 0.2) is 23.1 Å². The number of halogens is 1. The van der Waals surface area contributed by atoms with Crippen molar-refractivity contribution >= 4 is 46.5 Å². The predicted octanol–water partition coefficient (Wildman–Crippen LogP) is 6.70. The van der Waals surface area contributed by atoms with E-state index in [1.807, 2.05) is 24.3 Å². The van der Waals surface area contributed by atoms with E-state index in [9.17, 15) is 39.0 Å². The number of carbonyl (C=O) groups excluding carboxylic acids is 6. The molecule has 0 unspecified atom stereocenters. The standard InChI is InChI=1S/C49H53ClN6O8/c1-29(46(62)28-56-21-20-52-54-56)22-44(60)40-25-31-7-17-41(57)38(24-31)39-26-35(14-18-42(39)58)47(45(61)23-30(2)48(63)53-40)55(3)49(64)36(6-4-5-19-51)27-43(59)34-10-8-32(9-11-34)33-12-15-37(50)16-13-33/h7-18,20-21,24,26,29-30,36,40,47,57-58H,4-6,19,22-23,25,27-28,51H2,1-3H3,(H,53,63)/t29-,30-,36-,40+,47+/m1/s1. The maximum atomic E-state index is 14.7. The number of carbonyl (C=O) groups is 6. The molecule has 15 heteroatoms. The number of nitrogens with zero attached hydrogens (tertiary/aromatic N) is 4. The van der Waals surface area contributed by atoms with Gasteiger partial charge < -0.3 is 26.2 Å². The zero-order chi connectivity index (χ0) is 46.1. The summed E-state index contributed by atoms with van der Waals surface area (Å²) in [6.45, 7) is 3.47. The molecular weight excluding hydrogens is 836 g/mol. The van der Waals surface area contributed by atoms with Crippen molar-refractivity contribution in [2.75, 3.05) is 13.6 Å². The van der Waals surface area contributed by atoms with Crippen molar-refractivity contribution in [3.63, 3.8) is 0 Å². The Balaban J connectivity index is 1.30. The van der Waals surface area contributed by atoms with Gasteiger partial charge >= 0.3 is 0 Å². The summed E-state index contributed by atoms with van der Waals surface area (Å²) in [6, 6.07) is 21.0. The number of hydrogen-bond acceptors (Lipinski definition) is 11. The number of likely N-dealkylation sites (N-methyl/N-ethyl adjacent to an activating group) is 1. The number of amides is 2. The molecule has 5 atom stereocenters. The van der Waals surface area contributed by atoms with Gasteiger partial charge in [-0.1, -0.05) is 85.6 Å². The first kappa shape index (κ1) is 47.0. The Labute approximate surface area is 376 Å². The number of nitrogens with two attached hydrogens (primary N) is 1. The van der Waals surface area contributed by atoms with Gasteiger partial charge in [0, 0.05) is 72.0 Å². The monoisotopic (exact) mass is 888 g/mol. The lowest BCUT2D eigenvalue weighted by Gasteiger charge is -2.32. The van der Waals surface area contributed by atoms with Crippen LogP contribution in [-0.2, 0) is 36.9 Å². The maximum Gasteiger partial charge on any atom is 0.226 e. The first-order valence-corrected chi connectivity index (χ1v) is 21.7. The number of hydrogen-bond donors (Lipinski definition) is 4. The molecule has 0 saturated carbocycles. The zero-order valence-electron chi connectivity index (χ0n) is 36.1. The average Bonchev–Trinajstić information content (AvgIpc) is 3.79. The van der Waals surface area contributed by atoms with E-state index in [1.165, 1.54) is 53.3 Å². The molecule has 0 fully saturated rings. The van der Waals surface area contributed by atoms with Gasteiger partial charge in [0.1, 0.15) is 24.1 Å². The summed E-state index contributed by atoms with van der Waals surface area (Å²) in [4.78, 5) is 85.2. The van der Waals surface area contributed by atoms with Gasteiger partial charge in [-0.25, -0.2) is 4.68 Å². The molecule has 1 aliphatic rings. The Kier molecular flexibility index (Phi) is 15.6. The van der Waals surface area contributed by atoms with Gasteiger partial charge in [-0.05, 0) is 84.5 Å². The molecule has 0 spiro atoms. The minimum Gasteiger partial charge on any atom is -0.507 e. The van der Waals surface area contributed by atoms with Crippen molar-refractivity contribution in [2.45, 2.75) is 77.4 Å². The second kappa shape index (κ2) is 21.2. The van der Waals surface area contributed by atoms with E-state index in [1.54, 1.807) is 50.2 Å². The highest BCUT2D eigenvalue weighted by atomic mass is 35.5. The van der Waals surface area contributed by atoms with Gasteiger partial charge in [0.25, 0.3) is 0 Å². The van der Waals surface area contributed by atoms with E-state index in [4.69, 9.17) is 17.3 Å². The van der Waals surface area contributed by atoms with Crippen LogP contribution in [0.2, 0.25) is 5.02 Å². The lowest BCUT2D eigenvalue weighted by molar-refractivity contribution is -0.142. The summed E-state index contributed by atoms with van der Waals surface area (Å²) in [5.41, 5.74) is 9.23. The van der Waals surface area contributed by atoms with E-state index >= 15 is 0 Å². The van der Waals surface area contributed by atoms with Crippen molar-refractivity contribution in [1.29, 1.82) is 0 Å². The van der Waals surface area contributed by atoms with Crippen LogP contribution in [0.3, 0.4) is 0 Å². The number of benzene rings is 4. The quantitative estimate of drug-likeness (QED) is 0.0605. The third-order valence-corrected chi connectivity index (χ3v) is 12.1. The number of aromatic nitrogens is 3. The second-order valence-corrected chi connectivity index (χ2v) is 17.1. The topological polar surface area (TPSA) is 215 Å². The number of aromatic hydroxyl groups is 2. The smallest absolute Gasteiger partial charge is 0.226 e. The number of fused-ring (bicyclic) bond motifs is 5. The summed E-state index contributed by atoms with van der Waals surface area (Å²) in [6.07, 6.45) is 3.75. The Morgan fingerprint density at radius 2 is 1.55 bits per heavy atom. The minimum absolute atomic E-state index is 0.0143. The fourth-order valence-electron chi connectivity index (χ4n) is 8.08. The van der Waals surface area contributed by atoms with Crippen LogP contribution in [0, 0.1) is 17.8 Å². The fourth-order valence-corrected chi connectivity index (χ4v) is 8.20. The molecule has 0 radical (unpaired) electrons. The largest absolute Gasteiger partial charge is 0.507 e. The van der Waals surface area contributed by atoms with Gasteiger partial charge in [0.05, 0.1) is 12.2 Å². The molecular formula is C49H53ClN6O8. The number of nitrogens with one attached hydrogen (secondary N) is 1. The summed E-state index contributed by atoms with van der Waals surface area (Å²) < 4.78 is 1.36. The first-order chi connectivity index (χ1) is 30.6. The molecule has 14 nitrogen and oxygen atoms in total. The van der Waals surface area contributed by atoms with Crippen LogP contribution in [0.25, 0.3) is 22.3 Å². The average molecular weight is 889 g/mol. The summed E-state index contributed by atoms with van der Waals surface area (Å²) in [5.74, 6) is -5.46. The fraction of sp³-hybridized carbons (Fsp3) is 0.347. The van der Waals surface area contributed by atoms with Crippen LogP contribution in [0.1, 0.15) is 79.9 Å². The highest BCUT2D eigenvalue weighted by Crippen LogP contribution is 2.40. The van der Waals surface area contributed by atoms with Gasteiger partial charge in [-0.15, -0.1) is 5.10 Å².